The Bertz CT molecular complexity index is 1130. The van der Waals surface area contributed by atoms with Crippen LogP contribution >= 0.6 is 0 Å². The fourth-order valence-electron chi connectivity index (χ4n) is 6.16. The van der Waals surface area contributed by atoms with Crippen LogP contribution in [0.3, 0.4) is 0 Å². The molecular formula is C26H29FN2O2. The Labute approximate surface area is 182 Å². The molecule has 2 aliphatic carbocycles. The summed E-state index contributed by atoms with van der Waals surface area (Å²) in [6.45, 7) is 2.08. The van der Waals surface area contributed by atoms with Crippen LogP contribution in [-0.2, 0) is 12.8 Å². The van der Waals surface area contributed by atoms with Gasteiger partial charge in [-0.2, -0.15) is 0 Å². The number of piperidine rings is 1. The zero-order valence-electron chi connectivity index (χ0n) is 17.9. The number of hydrogen-bond donors (Lipinski definition) is 2. The zero-order valence-corrected chi connectivity index (χ0v) is 17.9. The number of methoxy groups -OCH3 is 1. The number of nitrogens with zero attached hydrogens (tertiary/aromatic N) is 1. The van der Waals surface area contributed by atoms with Gasteiger partial charge < -0.3 is 14.8 Å². The first-order valence-corrected chi connectivity index (χ1v) is 11.5. The van der Waals surface area contributed by atoms with Gasteiger partial charge in [0.25, 0.3) is 0 Å². The van der Waals surface area contributed by atoms with Gasteiger partial charge >= 0.3 is 0 Å². The minimum atomic E-state index is -0.205. The lowest BCUT2D eigenvalue weighted by Crippen LogP contribution is -2.46. The summed E-state index contributed by atoms with van der Waals surface area (Å²) in [5.41, 5.74) is 4.90. The van der Waals surface area contributed by atoms with Gasteiger partial charge in [-0.15, -0.1) is 0 Å². The largest absolute Gasteiger partial charge is 0.497 e. The SMILES string of the molecule is COc1cccc(C(C2CC2O)N2CCC3Cc4[nH]c5ccc(F)cc5c4CC3C2)c1. The second-order valence-corrected chi connectivity index (χ2v) is 9.67. The Morgan fingerprint density at radius 1 is 1.16 bits per heavy atom. The molecule has 0 radical (unpaired) electrons. The van der Waals surface area contributed by atoms with Gasteiger partial charge in [0.05, 0.1) is 13.2 Å². The molecule has 2 heterocycles. The van der Waals surface area contributed by atoms with Crippen LogP contribution in [0.4, 0.5) is 4.39 Å². The lowest BCUT2D eigenvalue weighted by atomic mass is 9.73. The van der Waals surface area contributed by atoms with Crippen molar-refractivity contribution in [1.29, 1.82) is 0 Å². The molecule has 1 saturated carbocycles. The standard InChI is InChI=1S/C26H29FN2O2/c1-31-19-4-2-3-16(9-19)26(22-13-25(22)30)29-8-7-15-11-24-20(10-17(15)14-29)21-12-18(27)5-6-23(21)28-24/h2-6,9,12,15,17,22,25-26,28,30H,7-8,10-11,13-14H2,1H3. The summed E-state index contributed by atoms with van der Waals surface area (Å²) >= 11 is 0. The van der Waals surface area contributed by atoms with E-state index < -0.39 is 0 Å². The number of H-pyrrole nitrogens is 1. The minimum absolute atomic E-state index is 0.164. The van der Waals surface area contributed by atoms with Gasteiger partial charge in [0.2, 0.25) is 0 Å². The molecule has 0 spiro atoms. The Morgan fingerprint density at radius 3 is 2.84 bits per heavy atom. The normalized spacial score (nSPS) is 28.7. The maximum atomic E-state index is 13.9. The molecule has 0 amide bonds. The number of fused-ring (bicyclic) bond motifs is 4. The van der Waals surface area contributed by atoms with Crippen molar-refractivity contribution in [3.8, 4) is 5.75 Å². The highest BCUT2D eigenvalue weighted by Gasteiger charge is 2.47. The predicted molar refractivity (Wildman–Crippen MR) is 119 cm³/mol. The third-order valence-electron chi connectivity index (χ3n) is 7.85. The summed E-state index contributed by atoms with van der Waals surface area (Å²) in [7, 11) is 1.70. The summed E-state index contributed by atoms with van der Waals surface area (Å²) < 4.78 is 19.4. The first-order chi connectivity index (χ1) is 15.1. The lowest BCUT2D eigenvalue weighted by Gasteiger charge is -2.44. The number of aromatic amines is 1. The average Bonchev–Trinajstić information content (AvgIpc) is 3.39. The third kappa shape index (κ3) is 3.35. The quantitative estimate of drug-likeness (QED) is 0.655. The topological polar surface area (TPSA) is 48.5 Å². The van der Waals surface area contributed by atoms with Crippen molar-refractivity contribution in [1.82, 2.24) is 9.88 Å². The molecule has 2 N–H and O–H groups in total. The monoisotopic (exact) mass is 420 g/mol. The minimum Gasteiger partial charge on any atom is -0.497 e. The highest BCUT2D eigenvalue weighted by atomic mass is 19.1. The molecule has 2 aromatic carbocycles. The van der Waals surface area contributed by atoms with Crippen molar-refractivity contribution < 1.29 is 14.2 Å². The highest BCUT2D eigenvalue weighted by molar-refractivity contribution is 5.85. The van der Waals surface area contributed by atoms with Crippen LogP contribution in [-0.4, -0.2) is 41.3 Å². The summed E-state index contributed by atoms with van der Waals surface area (Å²) in [5.74, 6) is 2.23. The zero-order chi connectivity index (χ0) is 21.1. The molecule has 5 heteroatoms. The van der Waals surface area contributed by atoms with E-state index in [9.17, 15) is 9.50 Å². The van der Waals surface area contributed by atoms with Crippen LogP contribution in [0, 0.1) is 23.6 Å². The molecule has 31 heavy (non-hydrogen) atoms. The van der Waals surface area contributed by atoms with Crippen LogP contribution < -0.4 is 4.74 Å². The van der Waals surface area contributed by atoms with E-state index in [-0.39, 0.29) is 18.0 Å². The van der Waals surface area contributed by atoms with Crippen molar-refractivity contribution in [2.75, 3.05) is 20.2 Å². The van der Waals surface area contributed by atoms with Gasteiger partial charge in [-0.1, -0.05) is 12.1 Å². The molecule has 5 unspecified atom stereocenters. The van der Waals surface area contributed by atoms with Gasteiger partial charge in [-0.3, -0.25) is 4.90 Å². The second-order valence-electron chi connectivity index (χ2n) is 9.67. The molecule has 3 aromatic rings. The van der Waals surface area contributed by atoms with Crippen molar-refractivity contribution in [3.63, 3.8) is 0 Å². The van der Waals surface area contributed by atoms with Gasteiger partial charge in [0.1, 0.15) is 11.6 Å². The number of ether oxygens (including phenoxy) is 1. The number of likely N-dealkylation sites (tertiary alicyclic amines) is 1. The molecular weight excluding hydrogens is 391 g/mol. The molecule has 162 valence electrons. The van der Waals surface area contributed by atoms with E-state index in [2.05, 4.69) is 28.1 Å². The van der Waals surface area contributed by atoms with Crippen LogP contribution in [0.25, 0.3) is 10.9 Å². The number of rotatable bonds is 4. The summed E-state index contributed by atoms with van der Waals surface area (Å²) in [5, 5.41) is 11.3. The van der Waals surface area contributed by atoms with Gasteiger partial charge in [-0.25, -0.2) is 4.39 Å². The number of nitrogens with one attached hydrogen (secondary N) is 1. The summed E-state index contributed by atoms with van der Waals surface area (Å²) in [4.78, 5) is 6.15. The van der Waals surface area contributed by atoms with E-state index in [0.29, 0.717) is 17.8 Å². The van der Waals surface area contributed by atoms with Crippen molar-refractivity contribution in [2.45, 2.75) is 37.8 Å². The van der Waals surface area contributed by atoms with E-state index in [1.54, 1.807) is 19.2 Å². The fraction of sp³-hybridized carbons (Fsp3) is 0.462. The Kier molecular flexibility index (Phi) is 4.58. The molecule has 2 fully saturated rings. The fourth-order valence-corrected chi connectivity index (χ4v) is 6.16. The third-order valence-corrected chi connectivity index (χ3v) is 7.85. The number of benzene rings is 2. The highest BCUT2D eigenvalue weighted by Crippen LogP contribution is 2.48. The molecule has 1 aliphatic heterocycles. The first kappa shape index (κ1) is 19.3. The number of halogens is 1. The van der Waals surface area contributed by atoms with Gasteiger partial charge in [0, 0.05) is 35.1 Å². The second kappa shape index (κ2) is 7.35. The first-order valence-electron chi connectivity index (χ1n) is 11.5. The molecule has 4 nitrogen and oxygen atoms in total. The Balaban J connectivity index is 1.29. The van der Waals surface area contributed by atoms with E-state index in [0.717, 1.165) is 55.4 Å². The van der Waals surface area contributed by atoms with Gasteiger partial charge in [0.15, 0.2) is 0 Å². The van der Waals surface area contributed by atoms with Crippen molar-refractivity contribution in [3.05, 3.63) is 65.1 Å². The smallest absolute Gasteiger partial charge is 0.123 e. The average molecular weight is 421 g/mol. The predicted octanol–water partition coefficient (Wildman–Crippen LogP) is 4.47. The molecule has 5 atom stereocenters. The summed E-state index contributed by atoms with van der Waals surface area (Å²) in [6.07, 6.45) is 3.89. The van der Waals surface area contributed by atoms with Crippen molar-refractivity contribution in [2.24, 2.45) is 17.8 Å². The summed E-state index contributed by atoms with van der Waals surface area (Å²) in [6, 6.07) is 13.7. The molecule has 1 saturated heterocycles. The molecule has 3 aliphatic rings. The molecule has 1 aromatic heterocycles. The van der Waals surface area contributed by atoms with E-state index in [1.165, 1.54) is 16.8 Å². The lowest BCUT2D eigenvalue weighted by molar-refractivity contribution is 0.0583. The van der Waals surface area contributed by atoms with Crippen LogP contribution in [0.5, 0.6) is 5.75 Å². The van der Waals surface area contributed by atoms with Crippen molar-refractivity contribution >= 4 is 10.9 Å². The molecule has 0 bridgehead atoms. The van der Waals surface area contributed by atoms with Gasteiger partial charge in [-0.05, 0) is 85.5 Å². The van der Waals surface area contributed by atoms with E-state index in [4.69, 9.17) is 4.74 Å². The van der Waals surface area contributed by atoms with E-state index >= 15 is 0 Å². The van der Waals surface area contributed by atoms with E-state index in [1.807, 2.05) is 12.1 Å². The van der Waals surface area contributed by atoms with Crippen LogP contribution in [0.15, 0.2) is 42.5 Å². The number of aromatic nitrogens is 1. The van der Waals surface area contributed by atoms with Crippen LogP contribution in [0.2, 0.25) is 0 Å². The number of aliphatic hydroxyl groups excluding tert-OH is 1. The molecule has 6 rings (SSSR count). The Morgan fingerprint density at radius 2 is 2.03 bits per heavy atom. The van der Waals surface area contributed by atoms with Crippen LogP contribution in [0.1, 0.15) is 35.7 Å². The maximum Gasteiger partial charge on any atom is 0.123 e. The maximum absolute atomic E-state index is 13.9. The number of aliphatic hydroxyl groups is 1. The number of hydrogen-bond acceptors (Lipinski definition) is 3. The Hall–Kier alpha value is -2.37.